The number of sulfone groups is 1. The van der Waals surface area contributed by atoms with E-state index < -0.39 is 9.84 Å². The molecule has 0 unspecified atom stereocenters. The minimum Gasteiger partial charge on any atom is -0.302 e. The molecule has 3 aromatic rings. The molecule has 4 rings (SSSR count). The Hall–Kier alpha value is -2.84. The van der Waals surface area contributed by atoms with Crippen LogP contribution in [-0.2, 0) is 21.1 Å². The highest BCUT2D eigenvalue weighted by Crippen LogP contribution is 2.36. The van der Waals surface area contributed by atoms with E-state index in [0.717, 1.165) is 31.2 Å². The van der Waals surface area contributed by atoms with Gasteiger partial charge in [0, 0.05) is 11.5 Å². The molecule has 1 heterocycles. The minimum atomic E-state index is -3.28. The maximum absolute atomic E-state index is 13.3. The number of thiazole rings is 1. The average Bonchev–Trinajstić information content (AvgIpc) is 3.28. The Kier molecular flexibility index (Phi) is 7.58. The van der Waals surface area contributed by atoms with Crippen LogP contribution in [0.1, 0.15) is 54.3 Å². The molecule has 6 nitrogen and oxygen atoms in total. The first-order valence-corrected chi connectivity index (χ1v) is 14.1. The van der Waals surface area contributed by atoms with Crippen LogP contribution >= 0.6 is 11.3 Å². The fourth-order valence-corrected chi connectivity index (χ4v) is 6.12. The SMILES string of the molecule is CCS(=O)(=O)c1ccc(CC(=O)Nc2nc(-c3ccccc3)c(C(=O)C3CCCCC3)s2)cc1. The van der Waals surface area contributed by atoms with Crippen molar-refractivity contribution in [3.8, 4) is 11.3 Å². The van der Waals surface area contributed by atoms with Crippen LogP contribution in [0.2, 0.25) is 0 Å². The Bertz CT molecular complexity index is 1260. The van der Waals surface area contributed by atoms with Crippen molar-refractivity contribution in [1.82, 2.24) is 4.98 Å². The van der Waals surface area contributed by atoms with Gasteiger partial charge in [-0.05, 0) is 30.5 Å². The zero-order chi connectivity index (χ0) is 24.1. The number of amides is 1. The van der Waals surface area contributed by atoms with Crippen molar-refractivity contribution >= 4 is 38.0 Å². The van der Waals surface area contributed by atoms with Crippen molar-refractivity contribution in [2.24, 2.45) is 5.92 Å². The summed E-state index contributed by atoms with van der Waals surface area (Å²) in [6.45, 7) is 1.60. The third kappa shape index (κ3) is 5.62. The van der Waals surface area contributed by atoms with Crippen molar-refractivity contribution in [2.45, 2.75) is 50.3 Å². The summed E-state index contributed by atoms with van der Waals surface area (Å²) < 4.78 is 24.0. The first-order valence-electron chi connectivity index (χ1n) is 11.6. The second-order valence-corrected chi connectivity index (χ2v) is 11.8. The predicted molar refractivity (Wildman–Crippen MR) is 135 cm³/mol. The number of hydrogen-bond donors (Lipinski definition) is 1. The highest BCUT2D eigenvalue weighted by atomic mass is 32.2. The van der Waals surface area contributed by atoms with E-state index in [9.17, 15) is 18.0 Å². The zero-order valence-corrected chi connectivity index (χ0v) is 20.8. The number of nitrogens with one attached hydrogen (secondary N) is 1. The van der Waals surface area contributed by atoms with Gasteiger partial charge in [-0.15, -0.1) is 0 Å². The summed E-state index contributed by atoms with van der Waals surface area (Å²) in [6.07, 6.45) is 5.19. The summed E-state index contributed by atoms with van der Waals surface area (Å²) in [5.41, 5.74) is 2.17. The summed E-state index contributed by atoms with van der Waals surface area (Å²) in [4.78, 5) is 31.5. The van der Waals surface area contributed by atoms with Gasteiger partial charge in [0.05, 0.1) is 22.8 Å². The maximum Gasteiger partial charge on any atom is 0.230 e. The summed E-state index contributed by atoms with van der Waals surface area (Å²) in [7, 11) is -3.28. The fraction of sp³-hybridized carbons (Fsp3) is 0.346. The standard InChI is InChI=1S/C26H28N2O4S2/c1-2-34(31,32)21-15-13-18(14-16-21)17-22(29)27-26-28-23(19-9-5-3-6-10-19)25(33-26)24(30)20-11-7-4-8-12-20/h3,5-6,9-10,13-16,20H,2,4,7-8,11-12,17H2,1H3,(H,27,28,29). The molecule has 1 amide bonds. The lowest BCUT2D eigenvalue weighted by atomic mass is 9.85. The number of anilines is 1. The van der Waals surface area contributed by atoms with Crippen molar-refractivity contribution in [3.05, 3.63) is 65.0 Å². The largest absolute Gasteiger partial charge is 0.302 e. The van der Waals surface area contributed by atoms with E-state index in [2.05, 4.69) is 10.3 Å². The molecule has 0 bridgehead atoms. The quantitative estimate of drug-likeness (QED) is 0.413. The van der Waals surface area contributed by atoms with E-state index in [-0.39, 0.29) is 34.7 Å². The lowest BCUT2D eigenvalue weighted by Gasteiger charge is -2.19. The van der Waals surface area contributed by atoms with Gasteiger partial charge in [0.25, 0.3) is 0 Å². The Balaban J connectivity index is 1.53. The molecule has 1 N–H and O–H groups in total. The molecule has 1 saturated carbocycles. The zero-order valence-electron chi connectivity index (χ0n) is 19.1. The number of rotatable bonds is 8. The summed E-state index contributed by atoms with van der Waals surface area (Å²) >= 11 is 1.23. The van der Waals surface area contributed by atoms with Gasteiger partial charge in [-0.3, -0.25) is 9.59 Å². The highest BCUT2D eigenvalue weighted by molar-refractivity contribution is 7.91. The van der Waals surface area contributed by atoms with E-state index in [1.807, 2.05) is 30.3 Å². The first kappa shape index (κ1) is 24.3. The van der Waals surface area contributed by atoms with Crippen LogP contribution in [0.3, 0.4) is 0 Å². The van der Waals surface area contributed by atoms with Crippen LogP contribution < -0.4 is 5.32 Å². The van der Waals surface area contributed by atoms with Crippen LogP contribution in [0, 0.1) is 5.92 Å². The predicted octanol–water partition coefficient (Wildman–Crippen LogP) is 5.55. The Labute approximate surface area is 204 Å². The van der Waals surface area contributed by atoms with Gasteiger partial charge in [0.15, 0.2) is 20.8 Å². The Morgan fingerprint density at radius 3 is 2.32 bits per heavy atom. The second-order valence-electron chi connectivity index (χ2n) is 8.53. The summed E-state index contributed by atoms with van der Waals surface area (Å²) in [5, 5.41) is 3.23. The molecule has 8 heteroatoms. The molecule has 2 aromatic carbocycles. The van der Waals surface area contributed by atoms with Gasteiger partial charge in [-0.2, -0.15) is 0 Å². The third-order valence-electron chi connectivity index (χ3n) is 6.15. The Morgan fingerprint density at radius 2 is 1.68 bits per heavy atom. The summed E-state index contributed by atoms with van der Waals surface area (Å²) in [5.74, 6) is -0.110. The molecule has 1 aromatic heterocycles. The number of carbonyl (C=O) groups excluding carboxylic acids is 2. The molecular formula is C26H28N2O4S2. The number of carbonyl (C=O) groups is 2. The van der Waals surface area contributed by atoms with Crippen LogP contribution in [0.25, 0.3) is 11.3 Å². The molecule has 0 atom stereocenters. The van der Waals surface area contributed by atoms with E-state index in [1.54, 1.807) is 19.1 Å². The van der Waals surface area contributed by atoms with Crippen LogP contribution in [-0.4, -0.2) is 30.8 Å². The number of ketones is 1. The number of hydrogen-bond acceptors (Lipinski definition) is 6. The fourth-order valence-electron chi connectivity index (χ4n) is 4.21. The van der Waals surface area contributed by atoms with Gasteiger partial charge in [-0.25, -0.2) is 13.4 Å². The summed E-state index contributed by atoms with van der Waals surface area (Å²) in [6, 6.07) is 15.9. The molecule has 1 aliphatic rings. The van der Waals surface area contributed by atoms with Crippen molar-refractivity contribution in [3.63, 3.8) is 0 Å². The van der Waals surface area contributed by atoms with Crippen molar-refractivity contribution < 1.29 is 18.0 Å². The van der Waals surface area contributed by atoms with E-state index in [0.29, 0.717) is 21.3 Å². The molecular weight excluding hydrogens is 468 g/mol. The molecule has 0 radical (unpaired) electrons. The van der Waals surface area contributed by atoms with Gasteiger partial charge >= 0.3 is 0 Å². The lowest BCUT2D eigenvalue weighted by Crippen LogP contribution is -2.17. The Morgan fingerprint density at radius 1 is 1.00 bits per heavy atom. The number of benzene rings is 2. The van der Waals surface area contributed by atoms with Gasteiger partial charge in [-0.1, -0.05) is 80.0 Å². The maximum atomic E-state index is 13.3. The van der Waals surface area contributed by atoms with Crippen LogP contribution in [0.4, 0.5) is 5.13 Å². The van der Waals surface area contributed by atoms with Gasteiger partial charge < -0.3 is 5.32 Å². The van der Waals surface area contributed by atoms with Gasteiger partial charge in [0.2, 0.25) is 5.91 Å². The monoisotopic (exact) mass is 496 g/mol. The molecule has 0 saturated heterocycles. The smallest absolute Gasteiger partial charge is 0.230 e. The van der Waals surface area contributed by atoms with Crippen LogP contribution in [0.5, 0.6) is 0 Å². The number of Topliss-reactive ketones (excluding diaryl/α,β-unsaturated/α-hetero) is 1. The number of aromatic nitrogens is 1. The molecule has 0 aliphatic heterocycles. The molecule has 178 valence electrons. The highest BCUT2D eigenvalue weighted by Gasteiger charge is 2.28. The molecule has 0 spiro atoms. The molecule has 1 fully saturated rings. The van der Waals surface area contributed by atoms with E-state index >= 15 is 0 Å². The molecule has 34 heavy (non-hydrogen) atoms. The average molecular weight is 497 g/mol. The normalized spacial score (nSPS) is 14.6. The number of nitrogens with zero attached hydrogens (tertiary/aromatic N) is 1. The van der Waals surface area contributed by atoms with Gasteiger partial charge in [0.1, 0.15) is 4.88 Å². The van der Waals surface area contributed by atoms with Crippen LogP contribution in [0.15, 0.2) is 59.5 Å². The minimum absolute atomic E-state index is 0.0122. The van der Waals surface area contributed by atoms with Crippen molar-refractivity contribution in [1.29, 1.82) is 0 Å². The second kappa shape index (κ2) is 10.6. The first-order chi connectivity index (χ1) is 16.4. The third-order valence-corrected chi connectivity index (χ3v) is 8.88. The lowest BCUT2D eigenvalue weighted by molar-refractivity contribution is -0.115. The molecule has 1 aliphatic carbocycles. The van der Waals surface area contributed by atoms with E-state index in [1.165, 1.54) is 29.9 Å². The van der Waals surface area contributed by atoms with E-state index in [4.69, 9.17) is 0 Å². The topological polar surface area (TPSA) is 93.2 Å². The van der Waals surface area contributed by atoms with Crippen molar-refractivity contribution in [2.75, 3.05) is 11.1 Å².